The minimum Gasteiger partial charge on any atom is -0.548 e. The van der Waals surface area contributed by atoms with E-state index in [1.165, 1.54) is 18.7 Å². The molecule has 0 aliphatic rings. The molecule has 0 spiro atoms. The van der Waals surface area contributed by atoms with Crippen LogP contribution >= 0.6 is 23.4 Å². The summed E-state index contributed by atoms with van der Waals surface area (Å²) >= 11 is 7.56. The molecule has 2 atom stereocenters. The standard InChI is InChI=1S/C33H35ClN2O5S.Na/c1-21(37)35-30(32(38)39)20-42-31(16-13-22-7-4-5-10-28(22)33(2,3)40)24-8-6-9-27(17-24)41-19-26-15-12-23-11-14-25(34)18-29(23)36-26;/h4-12,14-15,17-18,30-31,40H,13,16,19-20H2,1-3H3,(H,35,37)(H,38,39);/q;+1/p-1/t30-,31?;/m0./s1. The van der Waals surface area contributed by atoms with Gasteiger partial charge in [0.05, 0.1) is 28.8 Å². The normalized spacial score (nSPS) is 12.7. The number of aliphatic carboxylic acids is 1. The van der Waals surface area contributed by atoms with Gasteiger partial charge in [0.25, 0.3) is 0 Å². The molecule has 1 aromatic heterocycles. The maximum atomic E-state index is 11.7. The maximum Gasteiger partial charge on any atom is 1.00 e. The fraction of sp³-hybridized carbons (Fsp3) is 0.303. The van der Waals surface area contributed by atoms with E-state index < -0.39 is 23.5 Å². The number of carbonyl (C=O) groups is 2. The molecule has 43 heavy (non-hydrogen) atoms. The minimum absolute atomic E-state index is 0. The number of aryl methyl sites for hydroxylation is 1. The van der Waals surface area contributed by atoms with Gasteiger partial charge < -0.3 is 25.1 Å². The third-order valence-electron chi connectivity index (χ3n) is 6.81. The van der Waals surface area contributed by atoms with Crippen LogP contribution in [0.1, 0.15) is 54.8 Å². The van der Waals surface area contributed by atoms with Gasteiger partial charge in [-0.05, 0) is 73.7 Å². The summed E-state index contributed by atoms with van der Waals surface area (Å²) in [7, 11) is 0. The van der Waals surface area contributed by atoms with E-state index >= 15 is 0 Å². The molecular formula is C33H34ClN2NaO5S. The smallest absolute Gasteiger partial charge is 0.548 e. The van der Waals surface area contributed by atoms with Crippen LogP contribution < -0.4 is 44.7 Å². The average molecular weight is 629 g/mol. The Labute approximate surface area is 283 Å². The Bertz CT molecular complexity index is 1560. The number of fused-ring (bicyclic) bond motifs is 1. The molecule has 1 unspecified atom stereocenters. The summed E-state index contributed by atoms with van der Waals surface area (Å²) in [5, 5.41) is 26.3. The maximum absolute atomic E-state index is 11.7. The Morgan fingerprint density at radius 1 is 1.07 bits per heavy atom. The summed E-state index contributed by atoms with van der Waals surface area (Å²) in [4.78, 5) is 27.9. The Morgan fingerprint density at radius 2 is 1.81 bits per heavy atom. The number of carboxylic acids is 1. The number of hydrogen-bond donors (Lipinski definition) is 2. The first-order valence-electron chi connectivity index (χ1n) is 13.7. The largest absolute Gasteiger partial charge is 1.00 e. The zero-order valence-corrected chi connectivity index (χ0v) is 28.4. The van der Waals surface area contributed by atoms with Crippen LogP contribution in [-0.4, -0.2) is 33.8 Å². The van der Waals surface area contributed by atoms with Gasteiger partial charge >= 0.3 is 29.6 Å². The molecule has 3 aromatic carbocycles. The molecule has 220 valence electrons. The average Bonchev–Trinajstić information content (AvgIpc) is 2.94. The second kappa shape index (κ2) is 15.9. The van der Waals surface area contributed by atoms with Gasteiger partial charge in [-0.3, -0.25) is 4.79 Å². The number of carboxylic acid groups (broad SMARTS) is 1. The summed E-state index contributed by atoms with van der Waals surface area (Å²) < 4.78 is 6.11. The van der Waals surface area contributed by atoms with Crippen LogP contribution in [0.25, 0.3) is 10.9 Å². The second-order valence-electron chi connectivity index (χ2n) is 10.6. The molecule has 0 saturated heterocycles. The van der Waals surface area contributed by atoms with Crippen molar-refractivity contribution in [2.75, 3.05) is 5.75 Å². The molecule has 2 N–H and O–H groups in total. The minimum atomic E-state index is -1.33. The molecule has 0 radical (unpaired) electrons. The number of nitrogens with zero attached hydrogens (tertiary/aromatic N) is 1. The first-order chi connectivity index (χ1) is 20.0. The van der Waals surface area contributed by atoms with Crippen molar-refractivity contribution in [1.29, 1.82) is 0 Å². The van der Waals surface area contributed by atoms with Crippen molar-refractivity contribution in [3.8, 4) is 5.75 Å². The Balaban J connectivity index is 0.00000506. The molecular weight excluding hydrogens is 595 g/mol. The molecule has 1 heterocycles. The molecule has 0 fully saturated rings. The Kier molecular flexibility index (Phi) is 12.9. The van der Waals surface area contributed by atoms with E-state index in [1.807, 2.05) is 78.9 Å². The monoisotopic (exact) mass is 628 g/mol. The topological polar surface area (TPSA) is 112 Å². The van der Waals surface area contributed by atoms with Gasteiger partial charge in [0, 0.05) is 28.3 Å². The van der Waals surface area contributed by atoms with Gasteiger partial charge in [0.1, 0.15) is 12.4 Å². The van der Waals surface area contributed by atoms with Crippen molar-refractivity contribution in [3.05, 3.63) is 106 Å². The summed E-state index contributed by atoms with van der Waals surface area (Å²) in [5.74, 6) is -0.972. The summed E-state index contributed by atoms with van der Waals surface area (Å²) in [5.41, 5.74) is 3.37. The molecule has 7 nitrogen and oxygen atoms in total. The SMILES string of the molecule is CC(=O)N[C@@H](CSC(CCc1ccccc1C(C)(C)O)c1cccc(OCc2ccc3ccc(Cl)cc3n2)c1)C(=O)[O-].[Na+]. The molecule has 0 bridgehead atoms. The Morgan fingerprint density at radius 3 is 2.53 bits per heavy atom. The first kappa shape index (κ1) is 34.9. The third kappa shape index (κ3) is 10.2. The van der Waals surface area contributed by atoms with E-state index in [2.05, 4.69) is 10.3 Å². The van der Waals surface area contributed by atoms with Crippen LogP contribution in [0.5, 0.6) is 5.75 Å². The van der Waals surface area contributed by atoms with E-state index in [0.717, 1.165) is 33.3 Å². The quantitative estimate of drug-likeness (QED) is 0.219. The summed E-state index contributed by atoms with van der Waals surface area (Å²) in [6.45, 7) is 5.06. The van der Waals surface area contributed by atoms with Gasteiger partial charge in [0.15, 0.2) is 0 Å². The van der Waals surface area contributed by atoms with Crippen molar-refractivity contribution in [2.45, 2.75) is 57.1 Å². The van der Waals surface area contributed by atoms with E-state index in [1.54, 1.807) is 13.8 Å². The molecule has 0 aliphatic carbocycles. The van der Waals surface area contributed by atoms with Crippen LogP contribution in [0.3, 0.4) is 0 Å². The number of benzene rings is 3. The summed E-state index contributed by atoms with van der Waals surface area (Å²) in [6, 6.07) is 23.8. The second-order valence-corrected chi connectivity index (χ2v) is 12.3. The number of ether oxygens (including phenoxy) is 1. The van der Waals surface area contributed by atoms with E-state index in [-0.39, 0.29) is 47.2 Å². The van der Waals surface area contributed by atoms with Crippen LogP contribution in [0.2, 0.25) is 5.02 Å². The predicted octanol–water partition coefficient (Wildman–Crippen LogP) is 2.36. The van der Waals surface area contributed by atoms with Gasteiger partial charge in [0.2, 0.25) is 5.91 Å². The molecule has 4 aromatic rings. The molecule has 4 rings (SSSR count). The number of amides is 1. The third-order valence-corrected chi connectivity index (χ3v) is 8.48. The zero-order chi connectivity index (χ0) is 30.3. The van der Waals surface area contributed by atoms with Crippen LogP contribution in [0, 0.1) is 0 Å². The number of nitrogens with one attached hydrogen (secondary N) is 1. The van der Waals surface area contributed by atoms with Crippen molar-refractivity contribution in [3.63, 3.8) is 0 Å². The number of thioether (sulfide) groups is 1. The van der Waals surface area contributed by atoms with Gasteiger partial charge in [-0.1, -0.05) is 60.1 Å². The van der Waals surface area contributed by atoms with Crippen LogP contribution in [-0.2, 0) is 28.2 Å². The van der Waals surface area contributed by atoms with E-state index in [0.29, 0.717) is 23.6 Å². The number of rotatable bonds is 13. The van der Waals surface area contributed by atoms with Crippen molar-refractivity contribution >= 4 is 46.1 Å². The van der Waals surface area contributed by atoms with Gasteiger partial charge in [-0.2, -0.15) is 11.8 Å². The molecule has 0 aliphatic heterocycles. The van der Waals surface area contributed by atoms with Gasteiger partial charge in [-0.25, -0.2) is 4.98 Å². The van der Waals surface area contributed by atoms with Crippen molar-refractivity contribution in [1.82, 2.24) is 10.3 Å². The van der Waals surface area contributed by atoms with E-state index in [4.69, 9.17) is 16.3 Å². The van der Waals surface area contributed by atoms with Crippen LogP contribution in [0.15, 0.2) is 78.9 Å². The number of carbonyl (C=O) groups excluding carboxylic acids is 2. The van der Waals surface area contributed by atoms with Crippen LogP contribution in [0.4, 0.5) is 0 Å². The number of aromatic nitrogens is 1. The van der Waals surface area contributed by atoms with E-state index in [9.17, 15) is 19.8 Å². The fourth-order valence-electron chi connectivity index (χ4n) is 4.77. The Hall–Kier alpha value is -2.59. The number of halogens is 1. The van der Waals surface area contributed by atoms with Crippen molar-refractivity contribution in [2.24, 2.45) is 0 Å². The number of pyridine rings is 1. The predicted molar refractivity (Wildman–Crippen MR) is 165 cm³/mol. The van der Waals surface area contributed by atoms with Gasteiger partial charge in [-0.15, -0.1) is 0 Å². The molecule has 10 heteroatoms. The summed E-state index contributed by atoms with van der Waals surface area (Å²) in [6.07, 6.45) is 1.32. The first-order valence-corrected chi connectivity index (χ1v) is 15.1. The van der Waals surface area contributed by atoms with Crippen molar-refractivity contribution < 1.29 is 54.1 Å². The number of hydrogen-bond acceptors (Lipinski definition) is 7. The molecule has 0 saturated carbocycles. The fourth-order valence-corrected chi connectivity index (χ4v) is 6.20. The molecule has 1 amide bonds. The zero-order valence-electron chi connectivity index (χ0n) is 24.8. The number of aliphatic hydroxyl groups is 1.